The van der Waals surface area contributed by atoms with Crippen molar-refractivity contribution in [2.75, 3.05) is 0 Å². The Morgan fingerprint density at radius 3 is 2.32 bits per heavy atom. The maximum atomic E-state index is 9.54. The number of aromatic hydroxyl groups is 1. The van der Waals surface area contributed by atoms with E-state index >= 15 is 0 Å². The first-order chi connectivity index (χ1) is 10.4. The summed E-state index contributed by atoms with van der Waals surface area (Å²) in [5, 5.41) is 16.7. The third-order valence-corrected chi connectivity index (χ3v) is 3.61. The van der Waals surface area contributed by atoms with Crippen LogP contribution in [0, 0.1) is 0 Å². The van der Waals surface area contributed by atoms with Crippen LogP contribution in [-0.2, 0) is 5.41 Å². The number of phenolic OH excluding ortho intramolecular Hbond substituents is 1. The highest BCUT2D eigenvalue weighted by Gasteiger charge is 2.14. The van der Waals surface area contributed by atoms with Gasteiger partial charge in [-0.2, -0.15) is 5.10 Å². The summed E-state index contributed by atoms with van der Waals surface area (Å²) in [5.41, 5.74) is 3.19. The first kappa shape index (κ1) is 14.3. The predicted molar refractivity (Wildman–Crippen MR) is 87.6 cm³/mol. The largest absolute Gasteiger partial charge is 0.508 e. The summed E-state index contributed by atoms with van der Waals surface area (Å²) in [6.45, 7) is 6.57. The van der Waals surface area contributed by atoms with Crippen LogP contribution in [0.3, 0.4) is 0 Å². The number of phenols is 1. The topological polar surface area (TPSA) is 61.8 Å². The summed E-state index contributed by atoms with van der Waals surface area (Å²) >= 11 is 0. The van der Waals surface area contributed by atoms with Crippen molar-refractivity contribution < 1.29 is 5.11 Å². The first-order valence-electron chi connectivity index (χ1n) is 7.26. The summed E-state index contributed by atoms with van der Waals surface area (Å²) < 4.78 is 0. The van der Waals surface area contributed by atoms with E-state index in [9.17, 15) is 5.11 Å². The standard InChI is InChI=1S/C18H19N3O/c1-18(2,3)14-9-7-12(8-10-14)16-19-17(21-20-16)13-5-4-6-15(22)11-13/h4-11,22H,1-3H3,(H,19,20,21). The van der Waals surface area contributed by atoms with Crippen molar-refractivity contribution in [1.29, 1.82) is 0 Å². The Hall–Kier alpha value is -2.62. The van der Waals surface area contributed by atoms with Gasteiger partial charge in [0.1, 0.15) is 5.75 Å². The molecule has 22 heavy (non-hydrogen) atoms. The second kappa shape index (κ2) is 5.30. The molecular weight excluding hydrogens is 274 g/mol. The molecule has 0 saturated carbocycles. The van der Waals surface area contributed by atoms with Gasteiger partial charge in [-0.05, 0) is 23.1 Å². The zero-order chi connectivity index (χ0) is 15.7. The number of nitrogens with one attached hydrogen (secondary N) is 1. The molecule has 0 atom stereocenters. The van der Waals surface area contributed by atoms with E-state index in [0.717, 1.165) is 17.0 Å². The molecule has 4 heteroatoms. The van der Waals surface area contributed by atoms with Crippen LogP contribution < -0.4 is 0 Å². The van der Waals surface area contributed by atoms with E-state index in [1.807, 2.05) is 18.2 Å². The second-order valence-electron chi connectivity index (χ2n) is 6.39. The minimum absolute atomic E-state index is 0.132. The van der Waals surface area contributed by atoms with Crippen LogP contribution in [0.5, 0.6) is 5.75 Å². The third kappa shape index (κ3) is 2.86. The van der Waals surface area contributed by atoms with Crippen LogP contribution in [0.15, 0.2) is 48.5 Å². The Morgan fingerprint density at radius 1 is 0.955 bits per heavy atom. The van der Waals surface area contributed by atoms with E-state index in [1.165, 1.54) is 5.56 Å². The smallest absolute Gasteiger partial charge is 0.181 e. The number of hydrogen-bond donors (Lipinski definition) is 2. The normalized spacial score (nSPS) is 11.6. The lowest BCUT2D eigenvalue weighted by atomic mass is 9.87. The molecular formula is C18H19N3O. The fourth-order valence-corrected chi connectivity index (χ4v) is 2.29. The Labute approximate surface area is 129 Å². The molecule has 0 aliphatic carbocycles. The van der Waals surface area contributed by atoms with E-state index in [2.05, 4.69) is 48.1 Å². The van der Waals surface area contributed by atoms with Crippen LogP contribution in [0.25, 0.3) is 22.8 Å². The Balaban J connectivity index is 1.91. The number of H-pyrrole nitrogens is 1. The lowest BCUT2D eigenvalue weighted by molar-refractivity contribution is 0.475. The minimum Gasteiger partial charge on any atom is -0.508 e. The highest BCUT2D eigenvalue weighted by atomic mass is 16.3. The van der Waals surface area contributed by atoms with Crippen LogP contribution in [-0.4, -0.2) is 20.3 Å². The molecule has 0 fully saturated rings. The van der Waals surface area contributed by atoms with E-state index in [-0.39, 0.29) is 11.2 Å². The lowest BCUT2D eigenvalue weighted by Crippen LogP contribution is -2.10. The van der Waals surface area contributed by atoms with Crippen molar-refractivity contribution in [2.24, 2.45) is 0 Å². The number of rotatable bonds is 2. The molecule has 1 aromatic heterocycles. The van der Waals surface area contributed by atoms with Gasteiger partial charge in [0, 0.05) is 11.1 Å². The average Bonchev–Trinajstić information content (AvgIpc) is 2.96. The molecule has 0 unspecified atom stereocenters. The van der Waals surface area contributed by atoms with Gasteiger partial charge in [0.05, 0.1) is 0 Å². The molecule has 0 aliphatic rings. The third-order valence-electron chi connectivity index (χ3n) is 3.61. The minimum atomic E-state index is 0.132. The zero-order valence-corrected chi connectivity index (χ0v) is 13.0. The molecule has 112 valence electrons. The van der Waals surface area contributed by atoms with Crippen molar-refractivity contribution in [1.82, 2.24) is 15.2 Å². The summed E-state index contributed by atoms with van der Waals surface area (Å²) in [6.07, 6.45) is 0. The van der Waals surface area contributed by atoms with Gasteiger partial charge in [0.15, 0.2) is 11.6 Å². The van der Waals surface area contributed by atoms with Gasteiger partial charge >= 0.3 is 0 Å². The van der Waals surface area contributed by atoms with Crippen LogP contribution in [0.1, 0.15) is 26.3 Å². The van der Waals surface area contributed by atoms with Gasteiger partial charge < -0.3 is 5.11 Å². The lowest BCUT2D eigenvalue weighted by Gasteiger charge is -2.18. The van der Waals surface area contributed by atoms with Crippen molar-refractivity contribution in [3.05, 3.63) is 54.1 Å². The number of nitrogens with zero attached hydrogens (tertiary/aromatic N) is 2. The van der Waals surface area contributed by atoms with Gasteiger partial charge in [-0.25, -0.2) is 4.98 Å². The summed E-state index contributed by atoms with van der Waals surface area (Å²) in [7, 11) is 0. The summed E-state index contributed by atoms with van der Waals surface area (Å²) in [5.74, 6) is 1.50. The SMILES string of the molecule is CC(C)(C)c1ccc(-c2nc(-c3cccc(O)c3)n[nH]2)cc1. The predicted octanol–water partition coefficient (Wildman–Crippen LogP) is 4.14. The summed E-state index contributed by atoms with van der Waals surface area (Å²) in [6, 6.07) is 15.3. The molecule has 3 rings (SSSR count). The van der Waals surface area contributed by atoms with Crippen LogP contribution >= 0.6 is 0 Å². The van der Waals surface area contributed by atoms with Crippen LogP contribution in [0.4, 0.5) is 0 Å². The fourth-order valence-electron chi connectivity index (χ4n) is 2.29. The molecule has 2 aromatic carbocycles. The van der Waals surface area contributed by atoms with E-state index in [1.54, 1.807) is 18.2 Å². The van der Waals surface area contributed by atoms with Gasteiger partial charge in [-0.1, -0.05) is 57.2 Å². The quantitative estimate of drug-likeness (QED) is 0.746. The van der Waals surface area contributed by atoms with E-state index in [4.69, 9.17) is 0 Å². The fraction of sp³-hybridized carbons (Fsp3) is 0.222. The second-order valence-corrected chi connectivity index (χ2v) is 6.39. The van der Waals surface area contributed by atoms with Crippen LogP contribution in [0.2, 0.25) is 0 Å². The number of hydrogen-bond acceptors (Lipinski definition) is 3. The Morgan fingerprint density at radius 2 is 1.68 bits per heavy atom. The molecule has 4 nitrogen and oxygen atoms in total. The van der Waals surface area contributed by atoms with Gasteiger partial charge in [-0.3, -0.25) is 5.10 Å². The summed E-state index contributed by atoms with van der Waals surface area (Å²) in [4.78, 5) is 4.51. The van der Waals surface area contributed by atoms with Crippen molar-refractivity contribution in [3.63, 3.8) is 0 Å². The molecule has 0 bridgehead atoms. The maximum Gasteiger partial charge on any atom is 0.181 e. The van der Waals surface area contributed by atoms with Gasteiger partial charge in [0.2, 0.25) is 0 Å². The van der Waals surface area contributed by atoms with Gasteiger partial charge in [0.25, 0.3) is 0 Å². The monoisotopic (exact) mass is 293 g/mol. The van der Waals surface area contributed by atoms with E-state index < -0.39 is 0 Å². The molecule has 2 N–H and O–H groups in total. The maximum absolute atomic E-state index is 9.54. The number of aromatic nitrogens is 3. The number of aromatic amines is 1. The Kier molecular flexibility index (Phi) is 3.45. The molecule has 1 heterocycles. The highest BCUT2D eigenvalue weighted by molar-refractivity contribution is 5.62. The number of benzene rings is 2. The zero-order valence-electron chi connectivity index (χ0n) is 13.0. The first-order valence-corrected chi connectivity index (χ1v) is 7.26. The highest BCUT2D eigenvalue weighted by Crippen LogP contribution is 2.26. The Bertz CT molecular complexity index is 783. The van der Waals surface area contributed by atoms with Gasteiger partial charge in [-0.15, -0.1) is 0 Å². The van der Waals surface area contributed by atoms with Crippen molar-refractivity contribution in [3.8, 4) is 28.5 Å². The molecule has 3 aromatic rings. The van der Waals surface area contributed by atoms with E-state index in [0.29, 0.717) is 5.82 Å². The molecule has 0 saturated heterocycles. The molecule has 0 spiro atoms. The van der Waals surface area contributed by atoms with Crippen molar-refractivity contribution in [2.45, 2.75) is 26.2 Å². The molecule has 0 radical (unpaired) electrons. The average molecular weight is 293 g/mol. The molecule has 0 amide bonds. The van der Waals surface area contributed by atoms with Crippen molar-refractivity contribution >= 4 is 0 Å². The molecule has 0 aliphatic heterocycles.